The zero-order valence-electron chi connectivity index (χ0n) is 7.83. The average molecular weight is 234 g/mol. The van der Waals surface area contributed by atoms with Crippen LogP contribution in [0.25, 0.3) is 0 Å². The van der Waals surface area contributed by atoms with Gasteiger partial charge in [-0.3, -0.25) is 0 Å². The molecule has 0 aromatic heterocycles. The van der Waals surface area contributed by atoms with E-state index in [2.05, 4.69) is 0 Å². The van der Waals surface area contributed by atoms with Crippen LogP contribution in [-0.4, -0.2) is 14.2 Å². The molecule has 0 saturated carbocycles. The van der Waals surface area contributed by atoms with Crippen molar-refractivity contribution in [3.63, 3.8) is 0 Å². The van der Waals surface area contributed by atoms with Crippen molar-refractivity contribution in [1.29, 1.82) is 0 Å². The Bertz CT molecular complexity index is 428. The highest BCUT2D eigenvalue weighted by Crippen LogP contribution is 2.23. The number of hydrogen-bond acceptors (Lipinski definition) is 3. The quantitative estimate of drug-likeness (QED) is 0.863. The number of benzene rings is 1. The van der Waals surface area contributed by atoms with E-state index in [4.69, 9.17) is 17.3 Å². The average Bonchev–Trinajstić information content (AvgIpc) is 2.17. The minimum absolute atomic E-state index is 0.0503. The Morgan fingerprint density at radius 2 is 2.07 bits per heavy atom. The van der Waals surface area contributed by atoms with Crippen LogP contribution in [0.15, 0.2) is 23.1 Å². The molecule has 3 nitrogen and oxygen atoms in total. The van der Waals surface area contributed by atoms with E-state index in [9.17, 15) is 8.42 Å². The van der Waals surface area contributed by atoms with E-state index in [-0.39, 0.29) is 15.7 Å². The molecule has 0 unspecified atom stereocenters. The first-order chi connectivity index (χ1) is 6.51. The molecule has 78 valence electrons. The molecule has 1 aromatic rings. The van der Waals surface area contributed by atoms with Gasteiger partial charge in [-0.25, -0.2) is 8.42 Å². The van der Waals surface area contributed by atoms with Crippen LogP contribution in [0, 0.1) is 0 Å². The van der Waals surface area contributed by atoms with Gasteiger partial charge < -0.3 is 5.73 Å². The van der Waals surface area contributed by atoms with Crippen molar-refractivity contribution in [2.75, 3.05) is 5.75 Å². The summed E-state index contributed by atoms with van der Waals surface area (Å²) in [5, 5.41) is 0.245. The van der Waals surface area contributed by atoms with Crippen LogP contribution in [0.1, 0.15) is 12.5 Å². The van der Waals surface area contributed by atoms with E-state index >= 15 is 0 Å². The number of halogens is 1. The van der Waals surface area contributed by atoms with E-state index in [0.717, 1.165) is 5.56 Å². The fourth-order valence-electron chi connectivity index (χ4n) is 1.08. The summed E-state index contributed by atoms with van der Waals surface area (Å²) >= 11 is 5.84. The maximum Gasteiger partial charge on any atom is 0.179 e. The smallest absolute Gasteiger partial charge is 0.179 e. The molecule has 0 fully saturated rings. The molecule has 0 aliphatic rings. The lowest BCUT2D eigenvalue weighted by Gasteiger charge is -2.05. The van der Waals surface area contributed by atoms with E-state index < -0.39 is 9.84 Å². The SMILES string of the molecule is CCS(=O)(=O)c1ccc(CN)cc1Cl. The zero-order chi connectivity index (χ0) is 10.8. The molecule has 0 amide bonds. The first-order valence-electron chi connectivity index (χ1n) is 4.22. The standard InChI is InChI=1S/C9H12ClNO2S/c1-2-14(12,13)9-4-3-7(6-11)5-8(9)10/h3-5H,2,6,11H2,1H3. The normalized spacial score (nSPS) is 11.6. The molecule has 0 aliphatic heterocycles. The van der Waals surface area contributed by atoms with Crippen molar-refractivity contribution in [3.05, 3.63) is 28.8 Å². The lowest BCUT2D eigenvalue weighted by atomic mass is 10.2. The summed E-state index contributed by atoms with van der Waals surface area (Å²) < 4.78 is 23.0. The van der Waals surface area contributed by atoms with Crippen molar-refractivity contribution < 1.29 is 8.42 Å². The molecule has 1 aromatic carbocycles. The van der Waals surface area contributed by atoms with Gasteiger partial charge in [0.1, 0.15) is 0 Å². The number of sulfone groups is 1. The van der Waals surface area contributed by atoms with E-state index in [0.29, 0.717) is 6.54 Å². The van der Waals surface area contributed by atoms with Crippen LogP contribution in [0.2, 0.25) is 5.02 Å². The molecule has 0 radical (unpaired) electrons. The largest absolute Gasteiger partial charge is 0.326 e. The van der Waals surface area contributed by atoms with Crippen LogP contribution < -0.4 is 5.73 Å². The van der Waals surface area contributed by atoms with Crippen molar-refractivity contribution in [2.24, 2.45) is 5.73 Å². The lowest BCUT2D eigenvalue weighted by Crippen LogP contribution is -2.05. The van der Waals surface area contributed by atoms with Crippen molar-refractivity contribution in [2.45, 2.75) is 18.4 Å². The Labute approximate surface area is 88.8 Å². The number of hydrogen-bond donors (Lipinski definition) is 1. The lowest BCUT2D eigenvalue weighted by molar-refractivity contribution is 0.597. The first kappa shape index (κ1) is 11.5. The predicted octanol–water partition coefficient (Wildman–Crippen LogP) is 1.59. The first-order valence-corrected chi connectivity index (χ1v) is 6.25. The topological polar surface area (TPSA) is 60.2 Å². The molecular formula is C9H12ClNO2S. The van der Waals surface area contributed by atoms with Crippen LogP contribution in [0.3, 0.4) is 0 Å². The number of rotatable bonds is 3. The van der Waals surface area contributed by atoms with Gasteiger partial charge in [-0.05, 0) is 17.7 Å². The van der Waals surface area contributed by atoms with Gasteiger partial charge in [0, 0.05) is 6.54 Å². The summed E-state index contributed by atoms with van der Waals surface area (Å²) in [4.78, 5) is 0.180. The van der Waals surface area contributed by atoms with Gasteiger partial charge in [0.15, 0.2) is 9.84 Å². The third-order valence-corrected chi connectivity index (χ3v) is 4.16. The summed E-state index contributed by atoms with van der Waals surface area (Å²) in [6, 6.07) is 4.77. The Morgan fingerprint density at radius 1 is 1.43 bits per heavy atom. The van der Waals surface area contributed by atoms with Crippen LogP contribution >= 0.6 is 11.6 Å². The molecule has 0 aliphatic carbocycles. The van der Waals surface area contributed by atoms with E-state index in [1.54, 1.807) is 19.1 Å². The summed E-state index contributed by atoms with van der Waals surface area (Å²) in [7, 11) is -3.23. The van der Waals surface area contributed by atoms with Gasteiger partial charge in [0.2, 0.25) is 0 Å². The second kappa shape index (κ2) is 4.29. The van der Waals surface area contributed by atoms with Crippen LogP contribution in [0.4, 0.5) is 0 Å². The van der Waals surface area contributed by atoms with Crippen molar-refractivity contribution in [3.8, 4) is 0 Å². The Kier molecular flexibility index (Phi) is 3.53. The molecule has 2 N–H and O–H groups in total. The monoisotopic (exact) mass is 233 g/mol. The molecular weight excluding hydrogens is 222 g/mol. The Morgan fingerprint density at radius 3 is 2.50 bits per heavy atom. The maximum absolute atomic E-state index is 11.5. The second-order valence-corrected chi connectivity index (χ2v) is 5.53. The van der Waals surface area contributed by atoms with Crippen LogP contribution in [-0.2, 0) is 16.4 Å². The highest BCUT2D eigenvalue weighted by Gasteiger charge is 2.15. The minimum Gasteiger partial charge on any atom is -0.326 e. The van der Waals surface area contributed by atoms with Gasteiger partial charge in [0.05, 0.1) is 15.7 Å². The Hall–Kier alpha value is -0.580. The van der Waals surface area contributed by atoms with Crippen molar-refractivity contribution >= 4 is 21.4 Å². The fourth-order valence-corrected chi connectivity index (χ4v) is 2.58. The summed E-state index contributed by atoms with van der Waals surface area (Å²) in [6.45, 7) is 1.94. The molecule has 0 bridgehead atoms. The number of nitrogens with two attached hydrogens (primary N) is 1. The molecule has 0 atom stereocenters. The minimum atomic E-state index is -3.23. The third-order valence-electron chi connectivity index (χ3n) is 1.95. The fraction of sp³-hybridized carbons (Fsp3) is 0.333. The second-order valence-electron chi connectivity index (χ2n) is 2.87. The van der Waals surface area contributed by atoms with Gasteiger partial charge >= 0.3 is 0 Å². The summed E-state index contributed by atoms with van der Waals surface area (Å²) in [6.07, 6.45) is 0. The van der Waals surface area contributed by atoms with E-state index in [1.807, 2.05) is 0 Å². The molecule has 5 heteroatoms. The maximum atomic E-state index is 11.5. The van der Waals surface area contributed by atoms with E-state index in [1.165, 1.54) is 6.07 Å². The van der Waals surface area contributed by atoms with Gasteiger partial charge in [0.25, 0.3) is 0 Å². The molecule has 1 rings (SSSR count). The van der Waals surface area contributed by atoms with Gasteiger partial charge in [-0.2, -0.15) is 0 Å². The third kappa shape index (κ3) is 2.26. The molecule has 0 spiro atoms. The Balaban J connectivity index is 3.26. The zero-order valence-corrected chi connectivity index (χ0v) is 9.40. The van der Waals surface area contributed by atoms with Crippen LogP contribution in [0.5, 0.6) is 0 Å². The predicted molar refractivity (Wildman–Crippen MR) is 57.1 cm³/mol. The summed E-state index contributed by atoms with van der Waals surface area (Å²) in [5.74, 6) is 0.0503. The van der Waals surface area contributed by atoms with Crippen molar-refractivity contribution in [1.82, 2.24) is 0 Å². The summed E-state index contributed by atoms with van der Waals surface area (Å²) in [5.41, 5.74) is 6.23. The highest BCUT2D eigenvalue weighted by atomic mass is 35.5. The van der Waals surface area contributed by atoms with Gasteiger partial charge in [-0.15, -0.1) is 0 Å². The molecule has 0 saturated heterocycles. The van der Waals surface area contributed by atoms with Gasteiger partial charge in [-0.1, -0.05) is 24.6 Å². The highest BCUT2D eigenvalue weighted by molar-refractivity contribution is 7.91. The molecule has 14 heavy (non-hydrogen) atoms. The molecule has 0 heterocycles.